The summed E-state index contributed by atoms with van der Waals surface area (Å²) in [6.07, 6.45) is 0.372. The Kier molecular flexibility index (Phi) is 3.50. The normalized spacial score (nSPS) is 10.6. The lowest BCUT2D eigenvalue weighted by Gasteiger charge is -2.09. The predicted molar refractivity (Wildman–Crippen MR) is 67.8 cm³/mol. The minimum atomic E-state index is -0.676. The third kappa shape index (κ3) is 2.73. The molecule has 1 aromatic carbocycles. The van der Waals surface area contributed by atoms with Gasteiger partial charge in [0.2, 0.25) is 5.88 Å². The Morgan fingerprint density at radius 1 is 1.37 bits per heavy atom. The third-order valence-corrected chi connectivity index (χ3v) is 2.91. The summed E-state index contributed by atoms with van der Waals surface area (Å²) in [7, 11) is 0. The van der Waals surface area contributed by atoms with Crippen molar-refractivity contribution in [3.8, 4) is 5.88 Å². The second kappa shape index (κ2) is 5.09. The number of benzene rings is 1. The van der Waals surface area contributed by atoms with E-state index < -0.39 is 11.2 Å². The van der Waals surface area contributed by atoms with E-state index in [2.05, 4.69) is 4.98 Å². The van der Waals surface area contributed by atoms with E-state index in [-0.39, 0.29) is 23.8 Å². The first-order valence-electron chi connectivity index (χ1n) is 5.76. The molecule has 0 spiro atoms. The van der Waals surface area contributed by atoms with E-state index in [4.69, 9.17) is 0 Å². The number of H-pyrrole nitrogens is 1. The standard InChI is InChI=1S/C13H13FN2O3/c1-8-11(17)15-13(19)16(12(8)18)6-5-9-3-2-4-10(14)7-9/h2-4,7,18H,5-6H2,1H3,(H,15,17,19). The molecule has 0 fully saturated rings. The van der Waals surface area contributed by atoms with Crippen molar-refractivity contribution in [3.63, 3.8) is 0 Å². The fraction of sp³-hybridized carbons (Fsp3) is 0.231. The molecule has 19 heavy (non-hydrogen) atoms. The van der Waals surface area contributed by atoms with E-state index in [9.17, 15) is 19.1 Å². The van der Waals surface area contributed by atoms with Crippen molar-refractivity contribution >= 4 is 0 Å². The third-order valence-electron chi connectivity index (χ3n) is 2.91. The Labute approximate surface area is 108 Å². The maximum Gasteiger partial charge on any atom is 0.331 e. The smallest absolute Gasteiger partial charge is 0.331 e. The first-order valence-corrected chi connectivity index (χ1v) is 5.76. The highest BCUT2D eigenvalue weighted by atomic mass is 19.1. The first-order chi connectivity index (χ1) is 8.99. The summed E-state index contributed by atoms with van der Waals surface area (Å²) >= 11 is 0. The zero-order valence-electron chi connectivity index (χ0n) is 10.3. The van der Waals surface area contributed by atoms with Gasteiger partial charge in [-0.3, -0.25) is 14.3 Å². The maximum absolute atomic E-state index is 13.0. The molecule has 0 aliphatic heterocycles. The molecule has 1 heterocycles. The zero-order chi connectivity index (χ0) is 14.0. The monoisotopic (exact) mass is 264 g/mol. The van der Waals surface area contributed by atoms with Crippen LogP contribution in [0.15, 0.2) is 33.9 Å². The number of aromatic hydroxyl groups is 1. The van der Waals surface area contributed by atoms with Crippen LogP contribution in [-0.4, -0.2) is 14.7 Å². The van der Waals surface area contributed by atoms with Gasteiger partial charge in [-0.05, 0) is 31.0 Å². The van der Waals surface area contributed by atoms with E-state index in [1.807, 2.05) is 0 Å². The van der Waals surface area contributed by atoms with Gasteiger partial charge in [0.05, 0.1) is 5.56 Å². The Balaban J connectivity index is 2.28. The van der Waals surface area contributed by atoms with Crippen LogP contribution in [0.3, 0.4) is 0 Å². The van der Waals surface area contributed by atoms with E-state index >= 15 is 0 Å². The molecule has 6 heteroatoms. The number of aryl methyl sites for hydroxylation is 1. The van der Waals surface area contributed by atoms with Gasteiger partial charge in [-0.25, -0.2) is 9.18 Å². The number of hydrogen-bond donors (Lipinski definition) is 2. The fourth-order valence-electron chi connectivity index (χ4n) is 1.80. The maximum atomic E-state index is 13.0. The van der Waals surface area contributed by atoms with Gasteiger partial charge in [-0.1, -0.05) is 12.1 Å². The van der Waals surface area contributed by atoms with Crippen molar-refractivity contribution in [2.24, 2.45) is 0 Å². The molecule has 1 aromatic heterocycles. The highest BCUT2D eigenvalue weighted by molar-refractivity contribution is 5.21. The second-order valence-electron chi connectivity index (χ2n) is 4.24. The Morgan fingerprint density at radius 2 is 2.11 bits per heavy atom. The van der Waals surface area contributed by atoms with Crippen molar-refractivity contribution in [2.45, 2.75) is 19.9 Å². The van der Waals surface area contributed by atoms with Gasteiger partial charge in [0, 0.05) is 6.54 Å². The van der Waals surface area contributed by atoms with Crippen molar-refractivity contribution in [1.29, 1.82) is 0 Å². The lowest BCUT2D eigenvalue weighted by atomic mass is 10.1. The number of rotatable bonds is 3. The molecule has 0 aliphatic rings. The van der Waals surface area contributed by atoms with Crippen LogP contribution in [0.5, 0.6) is 5.88 Å². The molecule has 0 saturated heterocycles. The van der Waals surface area contributed by atoms with Crippen LogP contribution < -0.4 is 11.2 Å². The summed E-state index contributed by atoms with van der Waals surface area (Å²) < 4.78 is 14.1. The van der Waals surface area contributed by atoms with E-state index in [1.165, 1.54) is 19.1 Å². The minimum Gasteiger partial charge on any atom is -0.494 e. The largest absolute Gasteiger partial charge is 0.494 e. The van der Waals surface area contributed by atoms with Gasteiger partial charge in [0.15, 0.2) is 0 Å². The lowest BCUT2D eigenvalue weighted by molar-refractivity contribution is 0.395. The van der Waals surface area contributed by atoms with E-state index in [1.54, 1.807) is 12.1 Å². The van der Waals surface area contributed by atoms with Crippen molar-refractivity contribution in [3.05, 3.63) is 62.0 Å². The summed E-state index contributed by atoms with van der Waals surface area (Å²) in [6.45, 7) is 1.58. The number of halogens is 1. The zero-order valence-corrected chi connectivity index (χ0v) is 10.3. The fourth-order valence-corrected chi connectivity index (χ4v) is 1.80. The summed E-state index contributed by atoms with van der Waals surface area (Å²) in [5.74, 6) is -0.711. The molecule has 0 saturated carbocycles. The summed E-state index contributed by atoms with van der Waals surface area (Å²) in [5.41, 5.74) is -0.497. The molecule has 0 radical (unpaired) electrons. The van der Waals surface area contributed by atoms with Crippen molar-refractivity contribution < 1.29 is 9.50 Å². The highest BCUT2D eigenvalue weighted by Crippen LogP contribution is 2.10. The minimum absolute atomic E-state index is 0.0823. The molecule has 2 N–H and O–H groups in total. The molecule has 100 valence electrons. The number of hydrogen-bond acceptors (Lipinski definition) is 3. The van der Waals surface area contributed by atoms with Gasteiger partial charge in [-0.2, -0.15) is 0 Å². The van der Waals surface area contributed by atoms with E-state index in [0.29, 0.717) is 12.0 Å². The second-order valence-corrected chi connectivity index (χ2v) is 4.24. The van der Waals surface area contributed by atoms with E-state index in [0.717, 1.165) is 4.57 Å². The molecule has 2 aromatic rings. The van der Waals surface area contributed by atoms with Crippen LogP contribution in [-0.2, 0) is 13.0 Å². The van der Waals surface area contributed by atoms with Gasteiger partial charge in [0.25, 0.3) is 5.56 Å². The SMILES string of the molecule is Cc1c(O)n(CCc2cccc(F)c2)c(=O)[nH]c1=O. The average molecular weight is 264 g/mol. The molecular weight excluding hydrogens is 251 g/mol. The molecule has 0 amide bonds. The molecule has 0 atom stereocenters. The van der Waals surface area contributed by atoms with Gasteiger partial charge >= 0.3 is 5.69 Å². The topological polar surface area (TPSA) is 75.1 Å². The molecule has 2 rings (SSSR count). The number of aromatic nitrogens is 2. The quantitative estimate of drug-likeness (QED) is 0.866. The van der Waals surface area contributed by atoms with Crippen LogP contribution in [0, 0.1) is 12.7 Å². The molecule has 0 bridgehead atoms. The van der Waals surface area contributed by atoms with Gasteiger partial charge < -0.3 is 5.11 Å². The van der Waals surface area contributed by atoms with Crippen molar-refractivity contribution in [1.82, 2.24) is 9.55 Å². The van der Waals surface area contributed by atoms with Gasteiger partial charge in [-0.15, -0.1) is 0 Å². The molecule has 0 unspecified atom stereocenters. The highest BCUT2D eigenvalue weighted by Gasteiger charge is 2.10. The van der Waals surface area contributed by atoms with Gasteiger partial charge in [0.1, 0.15) is 5.82 Å². The number of nitrogens with one attached hydrogen (secondary N) is 1. The average Bonchev–Trinajstić information content (AvgIpc) is 2.36. The number of nitrogens with zero attached hydrogens (tertiary/aromatic N) is 1. The Morgan fingerprint density at radius 3 is 2.79 bits per heavy atom. The summed E-state index contributed by atoms with van der Waals surface area (Å²) in [5, 5.41) is 9.76. The summed E-state index contributed by atoms with van der Waals surface area (Å²) in [4.78, 5) is 24.9. The lowest BCUT2D eigenvalue weighted by Crippen LogP contribution is -2.31. The Bertz CT molecular complexity index is 719. The van der Waals surface area contributed by atoms with Crippen LogP contribution in [0.25, 0.3) is 0 Å². The molecule has 5 nitrogen and oxygen atoms in total. The predicted octanol–water partition coefficient (Wildman–Crippen LogP) is 0.932. The Hall–Kier alpha value is -2.37. The first kappa shape index (κ1) is 13.1. The number of aromatic amines is 1. The van der Waals surface area contributed by atoms with Crippen LogP contribution in [0.2, 0.25) is 0 Å². The van der Waals surface area contributed by atoms with Crippen molar-refractivity contribution in [2.75, 3.05) is 0 Å². The van der Waals surface area contributed by atoms with Crippen LogP contribution >= 0.6 is 0 Å². The summed E-state index contributed by atoms with van der Waals surface area (Å²) in [6, 6.07) is 5.99. The molecule has 0 aliphatic carbocycles. The molecular formula is C13H13FN2O3. The van der Waals surface area contributed by atoms with Crippen LogP contribution in [0.4, 0.5) is 4.39 Å². The van der Waals surface area contributed by atoms with Crippen LogP contribution in [0.1, 0.15) is 11.1 Å².